The molecule has 1 fully saturated rings. The van der Waals surface area contributed by atoms with E-state index in [2.05, 4.69) is 4.74 Å². The van der Waals surface area contributed by atoms with Gasteiger partial charge in [-0.15, -0.1) is 13.2 Å². The standard InChI is InChI=1S/C18H16F5NO/c19-17(20)11-24(12-17)15-5-1-3-13(9-15)7-8-14-4-2-6-16(10-14)25-18(21,22)23/h1-6,9-10H,7-8,11-12H2. The number of rotatable bonds is 5. The zero-order valence-corrected chi connectivity index (χ0v) is 13.2. The fraction of sp³-hybridized carbons (Fsp3) is 0.333. The molecule has 1 heterocycles. The number of anilines is 1. The number of alkyl halides is 5. The lowest BCUT2D eigenvalue weighted by Crippen LogP contribution is -2.56. The van der Waals surface area contributed by atoms with Crippen molar-refractivity contribution in [3.05, 3.63) is 59.7 Å². The molecule has 2 aromatic carbocycles. The molecule has 0 unspecified atom stereocenters. The molecule has 0 atom stereocenters. The third kappa shape index (κ3) is 4.84. The summed E-state index contributed by atoms with van der Waals surface area (Å²) >= 11 is 0. The summed E-state index contributed by atoms with van der Waals surface area (Å²) in [6, 6.07) is 13.1. The number of halogens is 5. The van der Waals surface area contributed by atoms with Crippen molar-refractivity contribution in [2.24, 2.45) is 0 Å². The average Bonchev–Trinajstić information content (AvgIpc) is 2.49. The van der Waals surface area contributed by atoms with Crippen molar-refractivity contribution in [1.29, 1.82) is 0 Å². The van der Waals surface area contributed by atoms with Gasteiger partial charge in [-0.3, -0.25) is 0 Å². The molecule has 0 bridgehead atoms. The molecular formula is C18H16F5NO. The van der Waals surface area contributed by atoms with Crippen LogP contribution in [0.25, 0.3) is 0 Å². The molecule has 1 saturated heterocycles. The summed E-state index contributed by atoms with van der Waals surface area (Å²) < 4.78 is 66.6. The minimum Gasteiger partial charge on any atom is -0.406 e. The van der Waals surface area contributed by atoms with Crippen LogP contribution in [0.2, 0.25) is 0 Å². The van der Waals surface area contributed by atoms with Gasteiger partial charge in [-0.1, -0.05) is 24.3 Å². The minimum atomic E-state index is -4.72. The number of hydrogen-bond acceptors (Lipinski definition) is 2. The van der Waals surface area contributed by atoms with E-state index in [0.717, 1.165) is 11.3 Å². The largest absolute Gasteiger partial charge is 0.573 e. The van der Waals surface area contributed by atoms with Crippen LogP contribution in [-0.4, -0.2) is 25.4 Å². The molecule has 0 N–H and O–H groups in total. The number of nitrogens with zero attached hydrogens (tertiary/aromatic N) is 1. The van der Waals surface area contributed by atoms with Gasteiger partial charge >= 0.3 is 6.36 Å². The van der Waals surface area contributed by atoms with E-state index in [1.54, 1.807) is 23.1 Å². The number of benzene rings is 2. The molecule has 0 radical (unpaired) electrons. The van der Waals surface area contributed by atoms with Gasteiger partial charge in [0.1, 0.15) is 5.75 Å². The molecule has 0 saturated carbocycles. The predicted molar refractivity (Wildman–Crippen MR) is 84.1 cm³/mol. The fourth-order valence-corrected chi connectivity index (χ4v) is 2.79. The molecular weight excluding hydrogens is 341 g/mol. The normalized spacial score (nSPS) is 16.4. The first kappa shape index (κ1) is 17.5. The highest BCUT2D eigenvalue weighted by Gasteiger charge is 2.43. The second-order valence-electron chi connectivity index (χ2n) is 6.08. The first-order valence-corrected chi connectivity index (χ1v) is 7.77. The van der Waals surface area contributed by atoms with Crippen LogP contribution in [0.1, 0.15) is 11.1 Å². The van der Waals surface area contributed by atoms with Gasteiger partial charge in [0.15, 0.2) is 0 Å². The highest BCUT2D eigenvalue weighted by Crippen LogP contribution is 2.32. The first-order chi connectivity index (χ1) is 11.7. The van der Waals surface area contributed by atoms with E-state index in [1.165, 1.54) is 18.2 Å². The van der Waals surface area contributed by atoms with E-state index in [9.17, 15) is 22.0 Å². The van der Waals surface area contributed by atoms with Crippen molar-refractivity contribution in [2.75, 3.05) is 18.0 Å². The molecule has 134 valence electrons. The van der Waals surface area contributed by atoms with Crippen molar-refractivity contribution in [1.82, 2.24) is 0 Å². The molecule has 7 heteroatoms. The Hall–Kier alpha value is -2.31. The first-order valence-electron chi connectivity index (χ1n) is 7.77. The van der Waals surface area contributed by atoms with Gasteiger partial charge in [-0.05, 0) is 48.2 Å². The Balaban J connectivity index is 1.61. The quantitative estimate of drug-likeness (QED) is 0.711. The topological polar surface area (TPSA) is 12.5 Å². The molecule has 1 aliphatic heterocycles. The van der Waals surface area contributed by atoms with Crippen LogP contribution in [0.15, 0.2) is 48.5 Å². The monoisotopic (exact) mass is 357 g/mol. The molecule has 0 aliphatic carbocycles. The Bertz CT molecular complexity index is 736. The predicted octanol–water partition coefficient (Wildman–Crippen LogP) is 4.83. The van der Waals surface area contributed by atoms with Crippen molar-refractivity contribution in [2.45, 2.75) is 25.1 Å². The van der Waals surface area contributed by atoms with Crippen LogP contribution in [0, 0.1) is 0 Å². The molecule has 0 spiro atoms. The maximum Gasteiger partial charge on any atom is 0.573 e. The second kappa shape index (κ2) is 6.54. The van der Waals surface area contributed by atoms with Crippen LogP contribution in [0.5, 0.6) is 5.75 Å². The summed E-state index contributed by atoms with van der Waals surface area (Å²) in [6.45, 7) is -0.569. The molecule has 0 aromatic heterocycles. The van der Waals surface area contributed by atoms with Crippen LogP contribution in [0.3, 0.4) is 0 Å². The number of hydrogen-bond donors (Lipinski definition) is 0. The van der Waals surface area contributed by atoms with E-state index >= 15 is 0 Å². The lowest BCUT2D eigenvalue weighted by atomic mass is 10.0. The van der Waals surface area contributed by atoms with Gasteiger partial charge in [0.25, 0.3) is 5.92 Å². The smallest absolute Gasteiger partial charge is 0.406 e. The van der Waals surface area contributed by atoms with E-state index in [-0.39, 0.29) is 18.8 Å². The summed E-state index contributed by atoms with van der Waals surface area (Å²) in [5.74, 6) is -2.88. The van der Waals surface area contributed by atoms with Gasteiger partial charge in [-0.2, -0.15) is 0 Å². The Kier molecular flexibility index (Phi) is 4.58. The Morgan fingerprint density at radius 1 is 0.920 bits per heavy atom. The zero-order chi connectivity index (χ0) is 18.1. The van der Waals surface area contributed by atoms with Gasteiger partial charge < -0.3 is 9.64 Å². The summed E-state index contributed by atoms with van der Waals surface area (Å²) in [6.07, 6.45) is -3.60. The third-order valence-electron chi connectivity index (χ3n) is 3.95. The second-order valence-corrected chi connectivity index (χ2v) is 6.08. The molecule has 2 aromatic rings. The van der Waals surface area contributed by atoms with Gasteiger partial charge in [0.2, 0.25) is 0 Å². The Morgan fingerprint density at radius 2 is 1.52 bits per heavy atom. The maximum atomic E-state index is 13.0. The molecule has 2 nitrogen and oxygen atoms in total. The molecule has 1 aliphatic rings. The van der Waals surface area contributed by atoms with Gasteiger partial charge in [0, 0.05) is 5.69 Å². The molecule has 25 heavy (non-hydrogen) atoms. The van der Waals surface area contributed by atoms with Crippen molar-refractivity contribution in [3.63, 3.8) is 0 Å². The van der Waals surface area contributed by atoms with E-state index in [4.69, 9.17) is 0 Å². The zero-order valence-electron chi connectivity index (χ0n) is 13.2. The summed E-state index contributed by atoms with van der Waals surface area (Å²) in [5.41, 5.74) is 2.38. The third-order valence-corrected chi connectivity index (χ3v) is 3.95. The van der Waals surface area contributed by atoms with Crippen LogP contribution >= 0.6 is 0 Å². The molecule has 3 rings (SSSR count). The van der Waals surface area contributed by atoms with E-state index < -0.39 is 12.3 Å². The number of ether oxygens (including phenoxy) is 1. The van der Waals surface area contributed by atoms with E-state index in [0.29, 0.717) is 18.4 Å². The van der Waals surface area contributed by atoms with Crippen LogP contribution in [-0.2, 0) is 12.8 Å². The summed E-state index contributed by atoms with van der Waals surface area (Å²) in [7, 11) is 0. The Labute approximate surface area is 141 Å². The number of aryl methyl sites for hydroxylation is 2. The fourth-order valence-electron chi connectivity index (χ4n) is 2.79. The minimum absolute atomic E-state index is 0.249. The Morgan fingerprint density at radius 3 is 2.12 bits per heavy atom. The van der Waals surface area contributed by atoms with Crippen LogP contribution in [0.4, 0.5) is 27.6 Å². The van der Waals surface area contributed by atoms with E-state index in [1.807, 2.05) is 12.1 Å². The molecule has 0 amide bonds. The highest BCUT2D eigenvalue weighted by atomic mass is 19.4. The van der Waals surface area contributed by atoms with Crippen molar-refractivity contribution >= 4 is 5.69 Å². The average molecular weight is 357 g/mol. The lowest BCUT2D eigenvalue weighted by Gasteiger charge is -2.40. The van der Waals surface area contributed by atoms with Crippen LogP contribution < -0.4 is 9.64 Å². The van der Waals surface area contributed by atoms with Gasteiger partial charge in [0.05, 0.1) is 13.1 Å². The lowest BCUT2D eigenvalue weighted by molar-refractivity contribution is -0.274. The highest BCUT2D eigenvalue weighted by molar-refractivity contribution is 5.52. The van der Waals surface area contributed by atoms with Gasteiger partial charge in [-0.25, -0.2) is 8.78 Å². The SMILES string of the molecule is FC1(F)CN(c2cccc(CCc3cccc(OC(F)(F)F)c3)c2)C1. The maximum absolute atomic E-state index is 13.0. The van der Waals surface area contributed by atoms with Crippen molar-refractivity contribution < 1.29 is 26.7 Å². The van der Waals surface area contributed by atoms with Crippen molar-refractivity contribution in [3.8, 4) is 5.75 Å². The summed E-state index contributed by atoms with van der Waals surface area (Å²) in [5, 5.41) is 0. The summed E-state index contributed by atoms with van der Waals surface area (Å²) in [4.78, 5) is 1.60.